The number of nitro benzene ring substituents is 1. The lowest BCUT2D eigenvalue weighted by Gasteiger charge is -2.34. The van der Waals surface area contributed by atoms with Crippen molar-refractivity contribution >= 4 is 17.7 Å². The average Bonchev–Trinajstić information content (AvgIpc) is 2.39. The molecule has 1 aliphatic heterocycles. The van der Waals surface area contributed by atoms with Gasteiger partial charge in [0.15, 0.2) is 0 Å². The predicted octanol–water partition coefficient (Wildman–Crippen LogP) is 2.15. The van der Waals surface area contributed by atoms with Gasteiger partial charge in [-0.05, 0) is 25.3 Å². The topological polar surface area (TPSA) is 63.5 Å². The van der Waals surface area contributed by atoms with Crippen molar-refractivity contribution in [1.29, 1.82) is 0 Å². The van der Waals surface area contributed by atoms with Crippen LogP contribution < -0.4 is 4.90 Å². The van der Waals surface area contributed by atoms with E-state index in [0.717, 1.165) is 37.8 Å². The van der Waals surface area contributed by atoms with Crippen LogP contribution in [0.15, 0.2) is 24.3 Å². The summed E-state index contributed by atoms with van der Waals surface area (Å²) in [4.78, 5) is 23.2. The number of hydrogen-bond donors (Lipinski definition) is 0. The molecule has 1 heterocycles. The zero-order valence-electron chi connectivity index (χ0n) is 9.41. The van der Waals surface area contributed by atoms with Gasteiger partial charge < -0.3 is 9.69 Å². The second kappa shape index (κ2) is 4.95. The molecule has 90 valence electrons. The van der Waals surface area contributed by atoms with Crippen LogP contribution in [0.5, 0.6) is 0 Å². The molecule has 0 bridgehead atoms. The molecule has 1 unspecified atom stereocenters. The van der Waals surface area contributed by atoms with Gasteiger partial charge >= 0.3 is 0 Å². The first-order valence-electron chi connectivity index (χ1n) is 5.69. The quantitative estimate of drug-likeness (QED) is 0.456. The Bertz CT molecular complexity index is 434. The van der Waals surface area contributed by atoms with Crippen molar-refractivity contribution in [2.24, 2.45) is 0 Å². The second-order valence-corrected chi connectivity index (χ2v) is 4.17. The van der Waals surface area contributed by atoms with Gasteiger partial charge in [0.25, 0.3) is 5.69 Å². The van der Waals surface area contributed by atoms with Crippen LogP contribution in [0.1, 0.15) is 19.3 Å². The van der Waals surface area contributed by atoms with Gasteiger partial charge in [0.2, 0.25) is 0 Å². The molecule has 17 heavy (non-hydrogen) atoms. The first kappa shape index (κ1) is 11.6. The highest BCUT2D eigenvalue weighted by Gasteiger charge is 2.23. The van der Waals surface area contributed by atoms with Gasteiger partial charge in [0, 0.05) is 24.4 Å². The van der Waals surface area contributed by atoms with Crippen molar-refractivity contribution < 1.29 is 9.72 Å². The maximum Gasteiger partial charge on any atom is 0.271 e. The van der Waals surface area contributed by atoms with Crippen LogP contribution in [-0.2, 0) is 4.79 Å². The minimum Gasteiger partial charge on any atom is -0.362 e. The maximum atomic E-state index is 11.0. The summed E-state index contributed by atoms with van der Waals surface area (Å²) in [5, 5.41) is 10.7. The summed E-state index contributed by atoms with van der Waals surface area (Å²) in [6, 6.07) is 6.31. The molecule has 0 aromatic heterocycles. The van der Waals surface area contributed by atoms with Gasteiger partial charge in [-0.15, -0.1) is 0 Å². The normalized spacial score (nSPS) is 20.0. The Labute approximate surface area is 99.2 Å². The summed E-state index contributed by atoms with van der Waals surface area (Å²) in [5.41, 5.74) is 0.828. The fraction of sp³-hybridized carbons (Fsp3) is 0.417. The number of non-ortho nitro benzene ring substituents is 1. The van der Waals surface area contributed by atoms with Crippen LogP contribution in [-0.4, -0.2) is 23.8 Å². The number of rotatable bonds is 3. The average molecular weight is 234 g/mol. The summed E-state index contributed by atoms with van der Waals surface area (Å²) in [5.74, 6) is 0. The lowest BCUT2D eigenvalue weighted by Crippen LogP contribution is -2.40. The second-order valence-electron chi connectivity index (χ2n) is 4.17. The Morgan fingerprint density at radius 1 is 1.41 bits per heavy atom. The molecule has 1 aromatic carbocycles. The van der Waals surface area contributed by atoms with Gasteiger partial charge in [-0.2, -0.15) is 0 Å². The molecule has 1 aromatic rings. The molecule has 1 atom stereocenters. The number of carbonyl (C=O) groups excluding carboxylic acids is 1. The van der Waals surface area contributed by atoms with Gasteiger partial charge in [-0.1, -0.05) is 6.07 Å². The molecule has 0 spiro atoms. The van der Waals surface area contributed by atoms with E-state index in [1.807, 2.05) is 11.0 Å². The van der Waals surface area contributed by atoms with Crippen LogP contribution in [0.25, 0.3) is 0 Å². The molecule has 0 radical (unpaired) electrons. The van der Waals surface area contributed by atoms with E-state index in [0.29, 0.717) is 0 Å². The summed E-state index contributed by atoms with van der Waals surface area (Å²) < 4.78 is 0. The van der Waals surface area contributed by atoms with Crippen LogP contribution in [0.3, 0.4) is 0 Å². The molecule has 2 rings (SSSR count). The van der Waals surface area contributed by atoms with Crippen molar-refractivity contribution in [1.82, 2.24) is 0 Å². The predicted molar refractivity (Wildman–Crippen MR) is 64.1 cm³/mol. The van der Waals surface area contributed by atoms with E-state index in [4.69, 9.17) is 0 Å². The Hall–Kier alpha value is -1.91. The highest BCUT2D eigenvalue weighted by Crippen LogP contribution is 2.26. The van der Waals surface area contributed by atoms with Gasteiger partial charge in [-0.25, -0.2) is 0 Å². The van der Waals surface area contributed by atoms with E-state index in [-0.39, 0.29) is 11.7 Å². The SMILES string of the molecule is O=CC1CCCCN1c1cccc([N+](=O)[O-])c1. The Balaban J connectivity index is 2.28. The third-order valence-corrected chi connectivity index (χ3v) is 3.08. The smallest absolute Gasteiger partial charge is 0.271 e. The number of benzene rings is 1. The van der Waals surface area contributed by atoms with E-state index in [2.05, 4.69) is 0 Å². The number of nitro groups is 1. The molecular weight excluding hydrogens is 220 g/mol. The summed E-state index contributed by atoms with van der Waals surface area (Å²) in [6.07, 6.45) is 3.81. The molecule has 5 heteroatoms. The fourth-order valence-corrected chi connectivity index (χ4v) is 2.20. The molecule has 0 N–H and O–H groups in total. The van der Waals surface area contributed by atoms with Crippen molar-refractivity contribution in [3.8, 4) is 0 Å². The maximum absolute atomic E-state index is 11.0. The van der Waals surface area contributed by atoms with E-state index in [9.17, 15) is 14.9 Å². The highest BCUT2D eigenvalue weighted by molar-refractivity contribution is 5.67. The molecule has 0 amide bonds. The van der Waals surface area contributed by atoms with Gasteiger partial charge in [-0.3, -0.25) is 10.1 Å². The van der Waals surface area contributed by atoms with Gasteiger partial charge in [0.05, 0.1) is 11.0 Å². The Morgan fingerprint density at radius 3 is 2.94 bits per heavy atom. The monoisotopic (exact) mass is 234 g/mol. The van der Waals surface area contributed by atoms with Crippen molar-refractivity contribution in [3.63, 3.8) is 0 Å². The molecule has 0 aliphatic carbocycles. The van der Waals surface area contributed by atoms with E-state index < -0.39 is 4.92 Å². The largest absolute Gasteiger partial charge is 0.362 e. The van der Waals surface area contributed by atoms with Crippen LogP contribution >= 0.6 is 0 Å². The zero-order valence-corrected chi connectivity index (χ0v) is 9.41. The van der Waals surface area contributed by atoms with Crippen molar-refractivity contribution in [2.75, 3.05) is 11.4 Å². The molecule has 1 saturated heterocycles. The van der Waals surface area contributed by atoms with Crippen molar-refractivity contribution in [2.45, 2.75) is 25.3 Å². The highest BCUT2D eigenvalue weighted by atomic mass is 16.6. The lowest BCUT2D eigenvalue weighted by atomic mass is 10.0. The first-order valence-corrected chi connectivity index (χ1v) is 5.69. The molecule has 1 fully saturated rings. The number of carbonyl (C=O) groups is 1. The number of aldehydes is 1. The number of anilines is 1. The first-order chi connectivity index (χ1) is 8.22. The number of nitrogens with zero attached hydrogens (tertiary/aromatic N) is 2. The summed E-state index contributed by atoms with van der Waals surface area (Å²) >= 11 is 0. The minimum absolute atomic E-state index is 0.0673. The van der Waals surface area contributed by atoms with Crippen LogP contribution in [0.4, 0.5) is 11.4 Å². The summed E-state index contributed by atoms with van der Waals surface area (Å²) in [7, 11) is 0. The third-order valence-electron chi connectivity index (χ3n) is 3.08. The third kappa shape index (κ3) is 2.43. The van der Waals surface area contributed by atoms with Crippen molar-refractivity contribution in [3.05, 3.63) is 34.4 Å². The lowest BCUT2D eigenvalue weighted by molar-refractivity contribution is -0.384. The molecule has 5 nitrogen and oxygen atoms in total. The van der Waals surface area contributed by atoms with E-state index >= 15 is 0 Å². The Kier molecular flexibility index (Phi) is 3.37. The summed E-state index contributed by atoms with van der Waals surface area (Å²) in [6.45, 7) is 0.782. The number of hydrogen-bond acceptors (Lipinski definition) is 4. The zero-order chi connectivity index (χ0) is 12.3. The van der Waals surface area contributed by atoms with Crippen LogP contribution in [0, 0.1) is 10.1 Å². The molecule has 1 aliphatic rings. The minimum atomic E-state index is -0.413. The van der Waals surface area contributed by atoms with E-state index in [1.165, 1.54) is 12.1 Å². The Morgan fingerprint density at radius 2 is 2.24 bits per heavy atom. The van der Waals surface area contributed by atoms with E-state index in [1.54, 1.807) is 6.07 Å². The molecule has 0 saturated carbocycles. The standard InChI is InChI=1S/C12H14N2O3/c15-9-12-4-1-2-7-13(12)10-5-3-6-11(8-10)14(16)17/h3,5-6,8-9,12H,1-2,4,7H2. The fourth-order valence-electron chi connectivity index (χ4n) is 2.20. The molecular formula is C12H14N2O3. The number of piperidine rings is 1. The van der Waals surface area contributed by atoms with Crippen LogP contribution in [0.2, 0.25) is 0 Å². The van der Waals surface area contributed by atoms with Gasteiger partial charge in [0.1, 0.15) is 6.29 Å².